The van der Waals surface area contributed by atoms with Gasteiger partial charge in [-0.3, -0.25) is 9.11 Å². The van der Waals surface area contributed by atoms with Gasteiger partial charge in [-0.25, -0.2) is 4.57 Å². The van der Waals surface area contributed by atoms with Crippen molar-refractivity contribution < 1.29 is 45.0 Å². The van der Waals surface area contributed by atoms with E-state index in [-0.39, 0.29) is 17.0 Å². The van der Waals surface area contributed by atoms with Crippen molar-refractivity contribution >= 4 is 28.5 Å². The number of rotatable bonds is 6. The third kappa shape index (κ3) is 6.12. The number of benzene rings is 2. The Hall–Kier alpha value is -1.95. The average molecular weight is 412 g/mol. The normalized spacial score (nSPS) is 11.6. The minimum Gasteiger partial charge on any atom is -0.418 e. The zero-order valence-electron chi connectivity index (χ0n) is 12.2. The van der Waals surface area contributed by atoms with Crippen LogP contribution >= 0.6 is 8.25 Å². The monoisotopic (exact) mass is 412 g/mol. The third-order valence-electron chi connectivity index (χ3n) is 2.61. The molecule has 0 amide bonds. The first kappa shape index (κ1) is 21.1. The second-order valence-corrected chi connectivity index (χ2v) is 8.11. The van der Waals surface area contributed by atoms with Crippen molar-refractivity contribution in [1.82, 2.24) is 0 Å². The maximum absolute atomic E-state index is 11.8. The van der Waals surface area contributed by atoms with E-state index in [1.807, 2.05) is 0 Å². The summed E-state index contributed by atoms with van der Waals surface area (Å²) >= 11 is 0. The Balaban J connectivity index is 0.00000312. The van der Waals surface area contributed by atoms with Gasteiger partial charge in [-0.05, 0) is 24.3 Å². The summed E-state index contributed by atoms with van der Waals surface area (Å²) in [6, 6.07) is 9.18. The summed E-state index contributed by atoms with van der Waals surface area (Å²) in [7, 11) is -12.1. The van der Waals surface area contributed by atoms with Gasteiger partial charge < -0.3 is 14.5 Å². The first-order chi connectivity index (χ1) is 11.1. The highest BCUT2D eigenvalue weighted by Crippen LogP contribution is 2.32. The van der Waals surface area contributed by atoms with Crippen LogP contribution < -0.4 is 9.05 Å². The van der Waals surface area contributed by atoms with Crippen molar-refractivity contribution in [1.29, 1.82) is 0 Å². The van der Waals surface area contributed by atoms with E-state index in [4.69, 9.17) is 18.2 Å². The molecule has 0 saturated carbocycles. The van der Waals surface area contributed by atoms with Gasteiger partial charge in [0.25, 0.3) is 20.2 Å². The van der Waals surface area contributed by atoms with E-state index >= 15 is 0 Å². The van der Waals surface area contributed by atoms with E-state index in [0.29, 0.717) is 0 Å². The van der Waals surface area contributed by atoms with E-state index in [1.165, 1.54) is 24.3 Å². The van der Waals surface area contributed by atoms with Crippen LogP contribution in [0.2, 0.25) is 0 Å². The first-order valence-electron chi connectivity index (χ1n) is 6.10. The Labute approximate surface area is 143 Å². The van der Waals surface area contributed by atoms with Crippen LogP contribution in [0.1, 0.15) is 0 Å². The molecule has 13 heteroatoms. The molecule has 0 atom stereocenters. The van der Waals surface area contributed by atoms with Crippen LogP contribution in [0.15, 0.2) is 58.3 Å². The molecule has 2 rings (SSSR count). The lowest BCUT2D eigenvalue weighted by atomic mass is 10.3. The van der Waals surface area contributed by atoms with Gasteiger partial charge in [-0.15, -0.1) is 0 Å². The molecule has 2 aromatic carbocycles. The Morgan fingerprint density at radius 2 is 1.12 bits per heavy atom. The molecule has 0 aliphatic carbocycles. The Bertz CT molecular complexity index is 905. The molecule has 25 heavy (non-hydrogen) atoms. The molecule has 0 fully saturated rings. The Morgan fingerprint density at radius 1 is 0.760 bits per heavy atom. The van der Waals surface area contributed by atoms with Gasteiger partial charge in [0.05, 0.1) is 9.79 Å². The Kier molecular flexibility index (Phi) is 6.71. The second-order valence-electron chi connectivity index (χ2n) is 4.35. The number of hydrogen-bond donors (Lipinski definition) is 2. The fraction of sp³-hybridized carbons (Fsp3) is 0. The summed E-state index contributed by atoms with van der Waals surface area (Å²) in [6.07, 6.45) is 0. The highest BCUT2D eigenvalue weighted by atomic mass is 32.2. The van der Waals surface area contributed by atoms with E-state index in [0.717, 1.165) is 24.3 Å². The Morgan fingerprint density at radius 3 is 1.44 bits per heavy atom. The van der Waals surface area contributed by atoms with Crippen LogP contribution in [0.5, 0.6) is 11.5 Å². The van der Waals surface area contributed by atoms with Crippen molar-refractivity contribution in [2.75, 3.05) is 0 Å². The van der Waals surface area contributed by atoms with Crippen LogP contribution in [-0.4, -0.2) is 31.4 Å². The molecule has 0 spiro atoms. The predicted octanol–water partition coefficient (Wildman–Crippen LogP) is 1.20. The molecule has 0 aliphatic rings. The quantitative estimate of drug-likeness (QED) is 0.521. The molecule has 0 heterocycles. The standard InChI is InChI=1S/C12H11O9PS2.H2O/c13-22(20-9-3-1-5-11(7-9)23(14,15)16)21-10-4-2-6-12(8-10)24(17,18)19;/h1-8,22H,(H,14,15,16)(H,17,18,19);1H2. The topological polar surface area (TPSA) is 176 Å². The lowest BCUT2D eigenvalue weighted by Crippen LogP contribution is -1.99. The summed E-state index contributed by atoms with van der Waals surface area (Å²) < 4.78 is 83.5. The van der Waals surface area contributed by atoms with Gasteiger partial charge in [-0.2, -0.15) is 16.8 Å². The van der Waals surface area contributed by atoms with Gasteiger partial charge >= 0.3 is 8.25 Å². The van der Waals surface area contributed by atoms with Crippen LogP contribution in [-0.2, 0) is 24.8 Å². The van der Waals surface area contributed by atoms with Crippen LogP contribution in [0.3, 0.4) is 0 Å². The fourth-order valence-electron chi connectivity index (χ4n) is 1.61. The van der Waals surface area contributed by atoms with Crippen molar-refractivity contribution in [3.05, 3.63) is 48.5 Å². The lowest BCUT2D eigenvalue weighted by molar-refractivity contribution is 0.413. The molecule has 0 radical (unpaired) electrons. The molecule has 0 bridgehead atoms. The summed E-state index contributed by atoms with van der Waals surface area (Å²) in [5, 5.41) is 0. The summed E-state index contributed by atoms with van der Waals surface area (Å²) in [5.74, 6) is -0.278. The minimum absolute atomic E-state index is 0. The molecule has 0 unspecified atom stereocenters. The van der Waals surface area contributed by atoms with E-state index in [9.17, 15) is 21.4 Å². The fourth-order valence-corrected chi connectivity index (χ4v) is 3.32. The third-order valence-corrected chi connectivity index (χ3v) is 5.11. The van der Waals surface area contributed by atoms with Crippen molar-refractivity contribution in [2.45, 2.75) is 9.79 Å². The molecule has 10 nitrogen and oxygen atoms in total. The van der Waals surface area contributed by atoms with E-state index < -0.39 is 38.3 Å². The van der Waals surface area contributed by atoms with Crippen molar-refractivity contribution in [3.63, 3.8) is 0 Å². The maximum Gasteiger partial charge on any atom is 0.418 e. The maximum atomic E-state index is 11.8. The average Bonchev–Trinajstić information content (AvgIpc) is 2.46. The van der Waals surface area contributed by atoms with Gasteiger partial charge in [0.1, 0.15) is 11.5 Å². The number of hydrogen-bond acceptors (Lipinski definition) is 7. The van der Waals surface area contributed by atoms with Crippen LogP contribution in [0, 0.1) is 0 Å². The first-order valence-corrected chi connectivity index (χ1v) is 10.2. The predicted molar refractivity (Wildman–Crippen MR) is 86.4 cm³/mol. The highest BCUT2D eigenvalue weighted by molar-refractivity contribution is 7.86. The van der Waals surface area contributed by atoms with E-state index in [2.05, 4.69) is 0 Å². The summed E-state index contributed by atoms with van der Waals surface area (Å²) in [5.41, 5.74) is 0. The molecular formula is C12H13O10PS2. The largest absolute Gasteiger partial charge is 0.418 e. The molecule has 0 saturated heterocycles. The lowest BCUT2D eigenvalue weighted by Gasteiger charge is -2.09. The summed E-state index contributed by atoms with van der Waals surface area (Å²) in [4.78, 5) is -0.911. The molecule has 4 N–H and O–H groups in total. The second kappa shape index (κ2) is 7.95. The molecule has 138 valence electrons. The van der Waals surface area contributed by atoms with E-state index in [1.54, 1.807) is 0 Å². The van der Waals surface area contributed by atoms with Gasteiger partial charge in [0.15, 0.2) is 0 Å². The smallest absolute Gasteiger partial charge is 0.418 e. The van der Waals surface area contributed by atoms with Gasteiger partial charge in [0, 0.05) is 12.1 Å². The van der Waals surface area contributed by atoms with Gasteiger partial charge in [0.2, 0.25) is 0 Å². The van der Waals surface area contributed by atoms with Crippen molar-refractivity contribution in [2.24, 2.45) is 0 Å². The zero-order valence-corrected chi connectivity index (χ0v) is 14.8. The molecule has 2 aromatic rings. The highest BCUT2D eigenvalue weighted by Gasteiger charge is 2.14. The van der Waals surface area contributed by atoms with Crippen LogP contribution in [0.25, 0.3) is 0 Å². The summed E-state index contributed by atoms with van der Waals surface area (Å²) in [6.45, 7) is 0. The van der Waals surface area contributed by atoms with Gasteiger partial charge in [-0.1, -0.05) is 12.1 Å². The van der Waals surface area contributed by atoms with Crippen molar-refractivity contribution in [3.8, 4) is 11.5 Å². The molecule has 0 aromatic heterocycles. The molecular weight excluding hydrogens is 399 g/mol. The minimum atomic E-state index is -4.45. The SMILES string of the molecule is O.O=[PH](Oc1cccc(S(=O)(=O)O)c1)Oc1cccc(S(=O)(=O)O)c1. The zero-order chi connectivity index (χ0) is 18.0. The van der Waals surface area contributed by atoms with Crippen LogP contribution in [0.4, 0.5) is 0 Å². The molecule has 0 aliphatic heterocycles.